The third-order valence-electron chi connectivity index (χ3n) is 7.46. The van der Waals surface area contributed by atoms with E-state index >= 15 is 0 Å². The summed E-state index contributed by atoms with van der Waals surface area (Å²) >= 11 is 0. The molecule has 3 rings (SSSR count). The molecule has 0 fully saturated rings. The van der Waals surface area contributed by atoms with E-state index in [2.05, 4.69) is 6.92 Å². The Labute approximate surface area is 268 Å². The number of esters is 3. The Morgan fingerprint density at radius 3 is 1.58 bits per heavy atom. The van der Waals surface area contributed by atoms with E-state index in [1.165, 1.54) is 51.4 Å². The lowest BCUT2D eigenvalue weighted by molar-refractivity contribution is -0.146. The van der Waals surface area contributed by atoms with Crippen molar-refractivity contribution in [2.45, 2.75) is 97.5 Å². The summed E-state index contributed by atoms with van der Waals surface area (Å²) in [5.74, 6) is -0.602. The first-order valence-electron chi connectivity index (χ1n) is 16.4. The van der Waals surface area contributed by atoms with Gasteiger partial charge in [-0.25, -0.2) is 14.4 Å². The summed E-state index contributed by atoms with van der Waals surface area (Å²) in [6, 6.07) is 20.5. The third kappa shape index (κ3) is 12.9. The van der Waals surface area contributed by atoms with Crippen LogP contribution < -0.4 is 9.47 Å². The highest BCUT2D eigenvalue weighted by molar-refractivity contribution is 5.91. The van der Waals surface area contributed by atoms with Gasteiger partial charge in [-0.05, 0) is 79.4 Å². The van der Waals surface area contributed by atoms with E-state index in [4.69, 9.17) is 18.9 Å². The fraction of sp³-hybridized carbons (Fsp3) is 0.447. The van der Waals surface area contributed by atoms with Gasteiger partial charge in [-0.15, -0.1) is 0 Å². The van der Waals surface area contributed by atoms with Gasteiger partial charge < -0.3 is 18.9 Å². The lowest BCUT2D eigenvalue weighted by Gasteiger charge is -2.13. The zero-order valence-electron chi connectivity index (χ0n) is 27.1. The fourth-order valence-electron chi connectivity index (χ4n) is 4.73. The molecule has 0 spiro atoms. The molecule has 0 radical (unpaired) electrons. The van der Waals surface area contributed by atoms with Crippen LogP contribution in [0.1, 0.15) is 112 Å². The topological polar surface area (TPSA) is 88.1 Å². The minimum Gasteiger partial charge on any atom is -0.462 e. The summed E-state index contributed by atoms with van der Waals surface area (Å²) in [5.41, 5.74) is 2.66. The summed E-state index contributed by atoms with van der Waals surface area (Å²) in [6.07, 6.45) is 12.5. The number of hydrogen-bond acceptors (Lipinski definition) is 7. The van der Waals surface area contributed by atoms with Crippen LogP contribution in [0.5, 0.6) is 11.5 Å². The fourth-order valence-corrected chi connectivity index (χ4v) is 4.73. The van der Waals surface area contributed by atoms with Crippen LogP contribution in [-0.4, -0.2) is 37.2 Å². The molecule has 0 N–H and O–H groups in total. The van der Waals surface area contributed by atoms with Crippen molar-refractivity contribution in [2.75, 3.05) is 13.2 Å². The summed E-state index contributed by atoms with van der Waals surface area (Å²) in [7, 11) is 0. The molecule has 0 bridgehead atoms. The molecule has 0 amide bonds. The second-order valence-corrected chi connectivity index (χ2v) is 11.3. The van der Waals surface area contributed by atoms with Crippen LogP contribution in [0, 0.1) is 0 Å². The lowest BCUT2D eigenvalue weighted by Crippen LogP contribution is -2.26. The average molecular weight is 617 g/mol. The molecule has 3 aromatic rings. The lowest BCUT2D eigenvalue weighted by atomic mass is 10.0. The van der Waals surface area contributed by atoms with Crippen LogP contribution in [0.4, 0.5) is 0 Å². The molecule has 242 valence electrons. The molecule has 7 nitrogen and oxygen atoms in total. The van der Waals surface area contributed by atoms with E-state index < -0.39 is 18.0 Å². The first-order chi connectivity index (χ1) is 21.9. The summed E-state index contributed by atoms with van der Waals surface area (Å²) in [4.78, 5) is 37.1. The molecule has 3 aromatic carbocycles. The zero-order chi connectivity index (χ0) is 32.3. The SMILES string of the molecule is CCCCCCCCCCCCO[C@@H](C)C(=O)Oc1ccc(C(=O)Oc2ccc(-c3ccc(C(=O)OCCC)cc3)cc2)cc1. The Morgan fingerprint density at radius 1 is 0.533 bits per heavy atom. The highest BCUT2D eigenvalue weighted by Gasteiger charge is 2.17. The van der Waals surface area contributed by atoms with Crippen molar-refractivity contribution in [1.82, 2.24) is 0 Å². The minimum absolute atomic E-state index is 0.328. The smallest absolute Gasteiger partial charge is 0.343 e. The summed E-state index contributed by atoms with van der Waals surface area (Å²) in [6.45, 7) is 6.80. The predicted molar refractivity (Wildman–Crippen MR) is 177 cm³/mol. The molecule has 1 atom stereocenters. The van der Waals surface area contributed by atoms with Gasteiger partial charge in [-0.1, -0.05) is 95.9 Å². The molecule has 0 aliphatic heterocycles. The number of ether oxygens (including phenoxy) is 4. The normalized spacial score (nSPS) is 11.5. The monoisotopic (exact) mass is 616 g/mol. The van der Waals surface area contributed by atoms with Crippen molar-refractivity contribution in [1.29, 1.82) is 0 Å². The minimum atomic E-state index is -0.670. The molecular weight excluding hydrogens is 568 g/mol. The van der Waals surface area contributed by atoms with Crippen LogP contribution in [-0.2, 0) is 14.3 Å². The second-order valence-electron chi connectivity index (χ2n) is 11.3. The molecule has 0 aliphatic rings. The van der Waals surface area contributed by atoms with Crippen LogP contribution in [0.25, 0.3) is 11.1 Å². The van der Waals surface area contributed by atoms with Gasteiger partial charge in [0.1, 0.15) is 11.5 Å². The molecule has 0 saturated heterocycles. The van der Waals surface area contributed by atoms with Crippen molar-refractivity contribution in [3.05, 3.63) is 83.9 Å². The van der Waals surface area contributed by atoms with Crippen molar-refractivity contribution in [3.63, 3.8) is 0 Å². The van der Waals surface area contributed by atoms with Crippen molar-refractivity contribution < 1.29 is 33.3 Å². The van der Waals surface area contributed by atoms with Gasteiger partial charge in [0.05, 0.1) is 17.7 Å². The van der Waals surface area contributed by atoms with Crippen molar-refractivity contribution in [2.24, 2.45) is 0 Å². The standard InChI is InChI=1S/C38H48O7/c1-4-6-7-8-9-10-11-12-13-14-28-42-29(3)36(39)44-34-25-21-33(22-26-34)38(41)45-35-23-19-31(20-24-35)30-15-17-32(18-16-30)37(40)43-27-5-2/h15-26,29H,4-14,27-28H2,1-3H3/t29-/m0/s1. The van der Waals surface area contributed by atoms with E-state index in [1.807, 2.05) is 31.2 Å². The Bertz CT molecular complexity index is 1300. The number of hydrogen-bond donors (Lipinski definition) is 0. The van der Waals surface area contributed by atoms with Crippen molar-refractivity contribution >= 4 is 17.9 Å². The van der Waals surface area contributed by atoms with Gasteiger partial charge in [-0.2, -0.15) is 0 Å². The Hall–Kier alpha value is -3.97. The number of carbonyl (C=O) groups excluding carboxylic acids is 3. The molecule has 45 heavy (non-hydrogen) atoms. The van der Waals surface area contributed by atoms with E-state index in [1.54, 1.807) is 55.5 Å². The zero-order valence-corrected chi connectivity index (χ0v) is 27.1. The van der Waals surface area contributed by atoms with Gasteiger partial charge >= 0.3 is 17.9 Å². The first-order valence-corrected chi connectivity index (χ1v) is 16.4. The largest absolute Gasteiger partial charge is 0.462 e. The van der Waals surface area contributed by atoms with E-state index in [0.717, 1.165) is 30.4 Å². The molecule has 0 unspecified atom stereocenters. The summed E-state index contributed by atoms with van der Waals surface area (Å²) < 4.78 is 21.8. The Kier molecular flexibility index (Phi) is 15.9. The quantitative estimate of drug-likeness (QED) is 0.0710. The van der Waals surface area contributed by atoms with E-state index in [0.29, 0.717) is 35.8 Å². The van der Waals surface area contributed by atoms with Gasteiger partial charge in [0.2, 0.25) is 0 Å². The first kappa shape index (κ1) is 35.5. The maximum atomic E-state index is 12.7. The number of benzene rings is 3. The van der Waals surface area contributed by atoms with E-state index in [-0.39, 0.29) is 5.97 Å². The molecule has 0 aromatic heterocycles. The van der Waals surface area contributed by atoms with Crippen LogP contribution in [0.3, 0.4) is 0 Å². The number of carbonyl (C=O) groups is 3. The molecule has 0 saturated carbocycles. The third-order valence-corrected chi connectivity index (χ3v) is 7.46. The van der Waals surface area contributed by atoms with Gasteiger partial charge in [0.25, 0.3) is 0 Å². The van der Waals surface area contributed by atoms with Crippen LogP contribution in [0.15, 0.2) is 72.8 Å². The second kappa shape index (κ2) is 20.1. The van der Waals surface area contributed by atoms with Crippen molar-refractivity contribution in [3.8, 4) is 22.6 Å². The Morgan fingerprint density at radius 2 is 1.00 bits per heavy atom. The Balaban J connectivity index is 1.36. The summed E-state index contributed by atoms with van der Waals surface area (Å²) in [5, 5.41) is 0. The molecule has 0 aliphatic carbocycles. The number of rotatable bonds is 20. The predicted octanol–water partition coefficient (Wildman–Crippen LogP) is 9.37. The number of unbranched alkanes of at least 4 members (excludes halogenated alkanes) is 9. The molecule has 7 heteroatoms. The maximum Gasteiger partial charge on any atom is 0.343 e. The van der Waals surface area contributed by atoms with Gasteiger partial charge in [0, 0.05) is 6.61 Å². The van der Waals surface area contributed by atoms with Gasteiger partial charge in [-0.3, -0.25) is 0 Å². The maximum absolute atomic E-state index is 12.7. The highest BCUT2D eigenvalue weighted by Crippen LogP contribution is 2.24. The van der Waals surface area contributed by atoms with Crippen LogP contribution >= 0.6 is 0 Å². The molecular formula is C38H48O7. The highest BCUT2D eigenvalue weighted by atomic mass is 16.6. The van der Waals surface area contributed by atoms with E-state index in [9.17, 15) is 14.4 Å². The molecule has 0 heterocycles. The van der Waals surface area contributed by atoms with Gasteiger partial charge in [0.15, 0.2) is 6.10 Å². The van der Waals surface area contributed by atoms with Crippen LogP contribution in [0.2, 0.25) is 0 Å². The average Bonchev–Trinajstić information content (AvgIpc) is 3.06.